The minimum absolute atomic E-state index is 0.00485. The summed E-state index contributed by atoms with van der Waals surface area (Å²) in [5, 5.41) is 13.0. The molecule has 1 aromatic heterocycles. The minimum atomic E-state index is -4.49. The highest BCUT2D eigenvalue weighted by atomic mass is 19.4. The number of hydrogen-bond acceptors (Lipinski definition) is 6. The number of carbonyl (C=O) groups is 1. The number of alkyl halides is 6. The first-order valence-corrected chi connectivity index (χ1v) is 11.4. The van der Waals surface area contributed by atoms with Crippen LogP contribution in [0.15, 0.2) is 53.1 Å². The van der Waals surface area contributed by atoms with Crippen molar-refractivity contribution in [1.29, 1.82) is 0 Å². The Hall–Kier alpha value is -3.77. The molecule has 0 radical (unpaired) electrons. The van der Waals surface area contributed by atoms with Gasteiger partial charge in [0.05, 0.1) is 12.0 Å². The van der Waals surface area contributed by atoms with Gasteiger partial charge in [0, 0.05) is 19.5 Å². The summed E-state index contributed by atoms with van der Waals surface area (Å²) in [6.45, 7) is 3.15. The number of nitrogens with zero attached hydrogens (tertiary/aromatic N) is 3. The smallest absolute Gasteiger partial charge is 0.416 e. The molecule has 0 bridgehead atoms. The van der Waals surface area contributed by atoms with Crippen LogP contribution in [0.3, 0.4) is 0 Å². The lowest BCUT2D eigenvalue weighted by molar-refractivity contribution is -0.152. The van der Waals surface area contributed by atoms with Gasteiger partial charge in [-0.25, -0.2) is 4.79 Å². The van der Waals surface area contributed by atoms with Crippen LogP contribution in [0, 0.1) is 0 Å². The number of aryl methyl sites for hydroxylation is 1. The maximum Gasteiger partial charge on any atom is 0.416 e. The topological polar surface area (TPSA) is 88.7 Å². The molecule has 0 aliphatic heterocycles. The van der Waals surface area contributed by atoms with Gasteiger partial charge in [-0.1, -0.05) is 24.3 Å². The van der Waals surface area contributed by atoms with Gasteiger partial charge in [0.1, 0.15) is 5.75 Å². The molecule has 13 heteroatoms. The Balaban J connectivity index is 1.74. The first-order valence-electron chi connectivity index (χ1n) is 11.4. The normalized spacial score (nSPS) is 12.4. The predicted octanol–water partition coefficient (Wildman–Crippen LogP) is 6.07. The Morgan fingerprint density at radius 1 is 0.947 bits per heavy atom. The second kappa shape index (κ2) is 11.3. The van der Waals surface area contributed by atoms with E-state index in [1.165, 1.54) is 26.0 Å². The van der Waals surface area contributed by atoms with E-state index in [4.69, 9.17) is 9.26 Å². The molecule has 0 aliphatic rings. The van der Waals surface area contributed by atoms with Crippen LogP contribution in [0.25, 0.3) is 0 Å². The summed E-state index contributed by atoms with van der Waals surface area (Å²) >= 11 is 0. The predicted molar refractivity (Wildman–Crippen MR) is 124 cm³/mol. The summed E-state index contributed by atoms with van der Waals surface area (Å²) in [5.41, 5.74) is -0.930. The number of hydrogen-bond donors (Lipinski definition) is 1. The Bertz CT molecular complexity index is 1210. The molecule has 0 spiro atoms. The number of rotatable bonds is 11. The van der Waals surface area contributed by atoms with E-state index in [2.05, 4.69) is 10.1 Å². The van der Waals surface area contributed by atoms with Crippen molar-refractivity contribution in [3.05, 3.63) is 71.1 Å². The number of ether oxygens (including phenoxy) is 1. The van der Waals surface area contributed by atoms with Crippen molar-refractivity contribution < 1.29 is 45.5 Å². The maximum absolute atomic E-state index is 12.9. The summed E-state index contributed by atoms with van der Waals surface area (Å²) in [6.07, 6.45) is -10.1. The molecule has 1 N–H and O–H groups in total. The zero-order chi connectivity index (χ0) is 28.1. The SMILES string of the molecule is CC(C)(Oc1ccc(CCN(Cc2ccc(C(F)(F)F)cc2)c2noc(CCC(F)(F)F)n2)cc1)C(=O)O. The summed E-state index contributed by atoms with van der Waals surface area (Å²) in [7, 11) is 0. The lowest BCUT2D eigenvalue weighted by atomic mass is 10.1. The van der Waals surface area contributed by atoms with Crippen molar-refractivity contribution in [2.75, 3.05) is 11.4 Å². The van der Waals surface area contributed by atoms with Crippen molar-refractivity contribution >= 4 is 11.9 Å². The van der Waals surface area contributed by atoms with Crippen LogP contribution in [-0.2, 0) is 30.4 Å². The van der Waals surface area contributed by atoms with Crippen molar-refractivity contribution in [2.24, 2.45) is 0 Å². The van der Waals surface area contributed by atoms with Crippen molar-refractivity contribution in [1.82, 2.24) is 10.1 Å². The minimum Gasteiger partial charge on any atom is -0.478 e. The van der Waals surface area contributed by atoms with Gasteiger partial charge in [-0.3, -0.25) is 0 Å². The Morgan fingerprint density at radius 3 is 2.11 bits per heavy atom. The molecular formula is C25H25F6N3O4. The molecule has 1 heterocycles. The monoisotopic (exact) mass is 545 g/mol. The van der Waals surface area contributed by atoms with Gasteiger partial charge < -0.3 is 19.3 Å². The van der Waals surface area contributed by atoms with Gasteiger partial charge in [-0.2, -0.15) is 31.3 Å². The molecule has 3 aromatic rings. The highest BCUT2D eigenvalue weighted by molar-refractivity contribution is 5.76. The van der Waals surface area contributed by atoms with Crippen molar-refractivity contribution in [3.8, 4) is 5.75 Å². The molecule has 2 aromatic carbocycles. The third kappa shape index (κ3) is 8.38. The number of benzene rings is 2. The Kier molecular flexibility index (Phi) is 8.58. The number of aliphatic carboxylic acids is 1. The molecule has 0 amide bonds. The van der Waals surface area contributed by atoms with E-state index < -0.39 is 42.3 Å². The average Bonchev–Trinajstić information content (AvgIpc) is 3.29. The molecule has 0 unspecified atom stereocenters. The molecule has 0 saturated heterocycles. The third-order valence-corrected chi connectivity index (χ3v) is 5.50. The van der Waals surface area contributed by atoms with E-state index >= 15 is 0 Å². The zero-order valence-electron chi connectivity index (χ0n) is 20.4. The van der Waals surface area contributed by atoms with E-state index in [0.29, 0.717) is 17.7 Å². The van der Waals surface area contributed by atoms with Gasteiger partial charge in [0.2, 0.25) is 5.89 Å². The lowest BCUT2D eigenvalue weighted by Crippen LogP contribution is -2.37. The van der Waals surface area contributed by atoms with Crippen LogP contribution < -0.4 is 9.64 Å². The highest BCUT2D eigenvalue weighted by Gasteiger charge is 2.31. The average molecular weight is 545 g/mol. The van der Waals surface area contributed by atoms with Crippen LogP contribution in [0.1, 0.15) is 42.8 Å². The molecule has 0 atom stereocenters. The Morgan fingerprint density at radius 2 is 1.55 bits per heavy atom. The Labute approximate surface area is 214 Å². The molecule has 0 fully saturated rings. The molecule has 0 aliphatic carbocycles. The summed E-state index contributed by atoms with van der Waals surface area (Å²) in [6, 6.07) is 11.1. The quantitative estimate of drug-likeness (QED) is 0.293. The second-order valence-electron chi connectivity index (χ2n) is 9.03. The van der Waals surface area contributed by atoms with Crippen molar-refractivity contribution in [3.63, 3.8) is 0 Å². The number of aromatic nitrogens is 2. The number of carboxylic acids is 1. The van der Waals surface area contributed by atoms with Crippen LogP contribution in [-0.4, -0.2) is 39.5 Å². The van der Waals surface area contributed by atoms with E-state index in [1.807, 2.05) is 0 Å². The standard InChI is InChI=1S/C25H25F6N3O4/c1-23(2,21(35)36)37-19-9-5-16(6-10-19)12-14-34(15-17-3-7-18(8-4-17)25(29,30)31)22-32-20(38-33-22)11-13-24(26,27)28/h3-10H,11-15H2,1-2H3,(H,35,36). The summed E-state index contributed by atoms with van der Waals surface area (Å²) in [5.74, 6) is -0.993. The first kappa shape index (κ1) is 28.8. The number of carboxylic acid groups (broad SMARTS) is 1. The fraction of sp³-hybridized carbons (Fsp3) is 0.400. The van der Waals surface area contributed by atoms with Crippen LogP contribution in [0.5, 0.6) is 5.75 Å². The molecular weight excluding hydrogens is 520 g/mol. The molecule has 206 valence electrons. The van der Waals surface area contributed by atoms with E-state index in [1.54, 1.807) is 29.2 Å². The van der Waals surface area contributed by atoms with Crippen LogP contribution in [0.2, 0.25) is 0 Å². The zero-order valence-corrected chi connectivity index (χ0v) is 20.4. The van der Waals surface area contributed by atoms with Gasteiger partial charge in [0.25, 0.3) is 5.95 Å². The third-order valence-electron chi connectivity index (χ3n) is 5.50. The van der Waals surface area contributed by atoms with Crippen LogP contribution in [0.4, 0.5) is 32.3 Å². The fourth-order valence-electron chi connectivity index (χ4n) is 3.32. The van der Waals surface area contributed by atoms with E-state index in [-0.39, 0.29) is 24.9 Å². The summed E-state index contributed by atoms with van der Waals surface area (Å²) < 4.78 is 86.8. The molecule has 38 heavy (non-hydrogen) atoms. The highest BCUT2D eigenvalue weighted by Crippen LogP contribution is 2.29. The maximum atomic E-state index is 12.9. The molecule has 7 nitrogen and oxygen atoms in total. The van der Waals surface area contributed by atoms with Gasteiger partial charge in [0.15, 0.2) is 5.60 Å². The van der Waals surface area contributed by atoms with Crippen LogP contribution >= 0.6 is 0 Å². The van der Waals surface area contributed by atoms with E-state index in [0.717, 1.165) is 17.7 Å². The number of halogens is 6. The van der Waals surface area contributed by atoms with Gasteiger partial charge >= 0.3 is 18.3 Å². The van der Waals surface area contributed by atoms with Gasteiger partial charge in [-0.05, 0) is 60.8 Å². The van der Waals surface area contributed by atoms with E-state index in [9.17, 15) is 36.2 Å². The second-order valence-corrected chi connectivity index (χ2v) is 9.03. The lowest BCUT2D eigenvalue weighted by Gasteiger charge is -2.22. The first-order chi connectivity index (χ1) is 17.6. The number of anilines is 1. The summed E-state index contributed by atoms with van der Waals surface area (Å²) in [4.78, 5) is 16.9. The van der Waals surface area contributed by atoms with Gasteiger partial charge in [-0.15, -0.1) is 0 Å². The van der Waals surface area contributed by atoms with Crippen molar-refractivity contribution in [2.45, 2.75) is 57.6 Å². The molecule has 3 rings (SSSR count). The largest absolute Gasteiger partial charge is 0.478 e. The molecule has 0 saturated carbocycles. The fourth-order valence-corrected chi connectivity index (χ4v) is 3.32.